The van der Waals surface area contributed by atoms with Crippen molar-refractivity contribution in [3.05, 3.63) is 18.2 Å². The van der Waals surface area contributed by atoms with Gasteiger partial charge < -0.3 is 10.7 Å². The molecule has 4 N–H and O–H groups in total. The topological polar surface area (TPSA) is 78.6 Å². The molecule has 0 aliphatic heterocycles. The van der Waals surface area contributed by atoms with Gasteiger partial charge in [-0.05, 0) is 0 Å². The molecule has 1 heterocycles. The molecular formula is C4H6N4. The molecule has 0 spiro atoms. The van der Waals surface area contributed by atoms with E-state index in [1.54, 1.807) is 0 Å². The van der Waals surface area contributed by atoms with Crippen LogP contribution in [0.3, 0.4) is 0 Å². The molecule has 1 rings (SSSR count). The average Bonchev–Trinajstić information content (AvgIpc) is 2.12. The third-order valence-corrected chi connectivity index (χ3v) is 0.788. The smallest absolute Gasteiger partial charge is 0.141 e. The van der Waals surface area contributed by atoms with E-state index in [1.807, 2.05) is 0 Å². The molecule has 1 aromatic rings. The number of rotatable bonds is 1. The lowest BCUT2D eigenvalue weighted by Crippen LogP contribution is -2.10. The Kier molecular flexibility index (Phi) is 0.997. The maximum Gasteiger partial charge on any atom is 0.141 e. The van der Waals surface area contributed by atoms with Crippen LogP contribution >= 0.6 is 0 Å². The van der Waals surface area contributed by atoms with Gasteiger partial charge in [0.05, 0.1) is 18.2 Å². The molecule has 0 fully saturated rings. The Morgan fingerprint density at radius 2 is 2.62 bits per heavy atom. The van der Waals surface area contributed by atoms with Crippen LogP contribution in [0.25, 0.3) is 0 Å². The summed E-state index contributed by atoms with van der Waals surface area (Å²) in [6.07, 6.45) is 2.99. The molecule has 8 heavy (non-hydrogen) atoms. The number of hydrogen-bond donors (Lipinski definition) is 3. The van der Waals surface area contributed by atoms with Crippen LogP contribution in [0.15, 0.2) is 12.5 Å². The van der Waals surface area contributed by atoms with Crippen molar-refractivity contribution < 1.29 is 0 Å². The van der Waals surface area contributed by atoms with E-state index in [4.69, 9.17) is 11.1 Å². The van der Waals surface area contributed by atoms with Crippen molar-refractivity contribution in [1.82, 2.24) is 9.97 Å². The van der Waals surface area contributed by atoms with E-state index in [0.29, 0.717) is 5.69 Å². The van der Waals surface area contributed by atoms with E-state index in [2.05, 4.69) is 9.97 Å². The van der Waals surface area contributed by atoms with Gasteiger partial charge in [-0.25, -0.2) is 4.98 Å². The summed E-state index contributed by atoms with van der Waals surface area (Å²) < 4.78 is 0. The second-order valence-electron chi connectivity index (χ2n) is 1.38. The normalized spacial score (nSPS) is 9.00. The summed E-state index contributed by atoms with van der Waals surface area (Å²) in [6.45, 7) is 0. The summed E-state index contributed by atoms with van der Waals surface area (Å²) in [5.41, 5.74) is 5.63. The summed E-state index contributed by atoms with van der Waals surface area (Å²) in [4.78, 5) is 6.34. The largest absolute Gasteiger partial charge is 0.382 e. The van der Waals surface area contributed by atoms with Crippen LogP contribution in [0.4, 0.5) is 0 Å². The molecule has 42 valence electrons. The van der Waals surface area contributed by atoms with Crippen LogP contribution in [0.2, 0.25) is 0 Å². The van der Waals surface area contributed by atoms with Gasteiger partial charge in [0.25, 0.3) is 0 Å². The Morgan fingerprint density at radius 3 is 2.88 bits per heavy atom. The third-order valence-electron chi connectivity index (χ3n) is 0.788. The Balaban J connectivity index is 2.93. The molecule has 4 nitrogen and oxygen atoms in total. The summed E-state index contributed by atoms with van der Waals surface area (Å²) >= 11 is 0. The van der Waals surface area contributed by atoms with Crippen LogP contribution in [-0.2, 0) is 0 Å². The SMILES string of the molecule is N=C(N)c1cnc[nH]1. The molecule has 0 aliphatic carbocycles. The van der Waals surface area contributed by atoms with Crippen molar-refractivity contribution >= 4 is 5.84 Å². The minimum atomic E-state index is 0.0162. The number of imidazole rings is 1. The summed E-state index contributed by atoms with van der Waals surface area (Å²) in [7, 11) is 0. The number of nitrogen functional groups attached to an aromatic ring is 1. The Bertz CT molecular complexity index is 176. The monoisotopic (exact) mass is 110 g/mol. The average molecular weight is 110 g/mol. The minimum absolute atomic E-state index is 0.0162. The molecule has 0 aromatic carbocycles. The zero-order valence-electron chi connectivity index (χ0n) is 4.18. The maximum atomic E-state index is 6.86. The first-order valence-corrected chi connectivity index (χ1v) is 2.13. The fourth-order valence-corrected chi connectivity index (χ4v) is 0.403. The van der Waals surface area contributed by atoms with E-state index < -0.39 is 0 Å². The molecular weight excluding hydrogens is 104 g/mol. The molecule has 0 unspecified atom stereocenters. The van der Waals surface area contributed by atoms with Crippen LogP contribution in [0, 0.1) is 5.41 Å². The molecule has 0 saturated carbocycles. The van der Waals surface area contributed by atoms with Crippen molar-refractivity contribution in [3.63, 3.8) is 0 Å². The van der Waals surface area contributed by atoms with E-state index in [-0.39, 0.29) is 5.84 Å². The number of nitrogens with one attached hydrogen (secondary N) is 2. The number of nitrogens with two attached hydrogens (primary N) is 1. The number of hydrogen-bond acceptors (Lipinski definition) is 2. The molecule has 0 saturated heterocycles. The maximum absolute atomic E-state index is 6.86. The molecule has 0 bridgehead atoms. The number of amidine groups is 1. The van der Waals surface area contributed by atoms with Gasteiger partial charge in [0.15, 0.2) is 0 Å². The summed E-state index contributed by atoms with van der Waals surface area (Å²) in [6, 6.07) is 0. The lowest BCUT2D eigenvalue weighted by molar-refractivity contribution is 1.29. The predicted molar refractivity (Wildman–Crippen MR) is 29.6 cm³/mol. The first kappa shape index (κ1) is 4.83. The van der Waals surface area contributed by atoms with E-state index in [9.17, 15) is 0 Å². The Morgan fingerprint density at radius 1 is 1.88 bits per heavy atom. The van der Waals surface area contributed by atoms with Crippen molar-refractivity contribution in [3.8, 4) is 0 Å². The van der Waals surface area contributed by atoms with Gasteiger partial charge in [-0.3, -0.25) is 5.41 Å². The van der Waals surface area contributed by atoms with Gasteiger partial charge in [-0.2, -0.15) is 0 Å². The fraction of sp³-hybridized carbons (Fsp3) is 0. The second-order valence-corrected chi connectivity index (χ2v) is 1.38. The number of nitrogens with zero attached hydrogens (tertiary/aromatic N) is 1. The molecule has 0 radical (unpaired) electrons. The minimum Gasteiger partial charge on any atom is -0.382 e. The lowest BCUT2D eigenvalue weighted by Gasteiger charge is -1.85. The molecule has 0 aliphatic rings. The quantitative estimate of drug-likeness (QED) is 0.342. The number of aromatic nitrogens is 2. The highest BCUT2D eigenvalue weighted by Gasteiger charge is 1.92. The second kappa shape index (κ2) is 1.65. The van der Waals surface area contributed by atoms with Crippen LogP contribution < -0.4 is 5.73 Å². The van der Waals surface area contributed by atoms with E-state index >= 15 is 0 Å². The molecule has 0 amide bonds. The van der Waals surface area contributed by atoms with Gasteiger partial charge in [0.1, 0.15) is 5.84 Å². The van der Waals surface area contributed by atoms with E-state index in [0.717, 1.165) is 0 Å². The van der Waals surface area contributed by atoms with Crippen molar-refractivity contribution in [2.45, 2.75) is 0 Å². The van der Waals surface area contributed by atoms with Gasteiger partial charge in [-0.1, -0.05) is 0 Å². The third kappa shape index (κ3) is 0.676. The fourth-order valence-electron chi connectivity index (χ4n) is 0.403. The number of aromatic amines is 1. The van der Waals surface area contributed by atoms with Crippen LogP contribution in [-0.4, -0.2) is 15.8 Å². The number of H-pyrrole nitrogens is 1. The molecule has 1 aromatic heterocycles. The van der Waals surface area contributed by atoms with Gasteiger partial charge in [-0.15, -0.1) is 0 Å². The van der Waals surface area contributed by atoms with E-state index in [1.165, 1.54) is 12.5 Å². The lowest BCUT2D eigenvalue weighted by atomic mass is 10.5. The van der Waals surface area contributed by atoms with Gasteiger partial charge in [0, 0.05) is 0 Å². The highest BCUT2D eigenvalue weighted by Crippen LogP contribution is 1.85. The first-order chi connectivity index (χ1) is 3.80. The predicted octanol–water partition coefficient (Wildman–Crippen LogP) is -0.306. The molecule has 4 heteroatoms. The van der Waals surface area contributed by atoms with Crippen molar-refractivity contribution in [2.75, 3.05) is 0 Å². The van der Waals surface area contributed by atoms with Crippen molar-refractivity contribution in [2.24, 2.45) is 5.73 Å². The summed E-state index contributed by atoms with van der Waals surface area (Å²) in [5, 5.41) is 6.86. The Labute approximate surface area is 46.3 Å². The van der Waals surface area contributed by atoms with Crippen molar-refractivity contribution in [1.29, 1.82) is 5.41 Å². The van der Waals surface area contributed by atoms with Gasteiger partial charge >= 0.3 is 0 Å². The zero-order valence-corrected chi connectivity index (χ0v) is 4.18. The zero-order chi connectivity index (χ0) is 5.98. The Hall–Kier alpha value is -1.32. The van der Waals surface area contributed by atoms with Crippen LogP contribution in [0.1, 0.15) is 5.69 Å². The van der Waals surface area contributed by atoms with Crippen LogP contribution in [0.5, 0.6) is 0 Å². The summed E-state index contributed by atoms with van der Waals surface area (Å²) in [5.74, 6) is 0.0162. The standard InChI is InChI=1S/C4H6N4/c5-4(6)3-1-7-2-8-3/h1-2H,(H3,5,6)(H,7,8). The molecule has 0 atom stereocenters. The highest BCUT2D eigenvalue weighted by atomic mass is 14.9. The highest BCUT2D eigenvalue weighted by molar-refractivity contribution is 5.92. The first-order valence-electron chi connectivity index (χ1n) is 2.13. The van der Waals surface area contributed by atoms with Gasteiger partial charge in [0.2, 0.25) is 0 Å².